The van der Waals surface area contributed by atoms with E-state index in [2.05, 4.69) is 19.2 Å². The van der Waals surface area contributed by atoms with Crippen molar-refractivity contribution in [2.45, 2.75) is 45.4 Å². The third kappa shape index (κ3) is 3.24. The number of fused-ring (bicyclic) bond motifs is 1. The molecule has 1 aromatic carbocycles. The normalized spacial score (nSPS) is 27.5. The molecule has 6 heteroatoms. The van der Waals surface area contributed by atoms with Gasteiger partial charge in [-0.25, -0.2) is 13.6 Å². The summed E-state index contributed by atoms with van der Waals surface area (Å²) in [6, 6.07) is 8.74. The summed E-state index contributed by atoms with van der Waals surface area (Å²) < 4.78 is 31.5. The number of nitrogens with zero attached hydrogens (tertiary/aromatic N) is 1. The van der Waals surface area contributed by atoms with Crippen LogP contribution < -0.4 is 5.32 Å². The van der Waals surface area contributed by atoms with Gasteiger partial charge in [0.2, 0.25) is 0 Å². The van der Waals surface area contributed by atoms with Gasteiger partial charge in [-0.2, -0.15) is 0 Å². The average Bonchev–Trinajstić information content (AvgIpc) is 2.99. The molecular formula is C18H24F2N2O2. The van der Waals surface area contributed by atoms with E-state index >= 15 is 0 Å². The zero-order chi connectivity index (χ0) is 17.3. The van der Waals surface area contributed by atoms with Crippen molar-refractivity contribution < 1.29 is 18.3 Å². The second-order valence-corrected chi connectivity index (χ2v) is 7.25. The molecule has 1 N–H and O–H groups in total. The summed E-state index contributed by atoms with van der Waals surface area (Å²) in [6.07, 6.45) is -1.50. The lowest BCUT2D eigenvalue weighted by atomic mass is 9.57. The SMILES string of the molecule is CC1(C)[C@H](NC(=O)N(Cc2ccccc2)CC(F)F)[C@H]2CCO[C@H]21. The molecule has 3 atom stereocenters. The van der Waals surface area contributed by atoms with Crippen molar-refractivity contribution in [3.05, 3.63) is 35.9 Å². The van der Waals surface area contributed by atoms with Crippen LogP contribution in [-0.2, 0) is 11.3 Å². The molecule has 1 aliphatic carbocycles. The molecule has 2 amide bonds. The van der Waals surface area contributed by atoms with E-state index in [-0.39, 0.29) is 30.0 Å². The summed E-state index contributed by atoms with van der Waals surface area (Å²) in [7, 11) is 0. The standard InChI is InChI=1S/C18H24F2N2O2/c1-18(2)15(13-8-9-24-16(13)18)21-17(23)22(11-14(19)20)10-12-6-4-3-5-7-12/h3-7,13-16H,8-11H2,1-2H3,(H,21,23)/t13-,15-,16-/m1/s1. The van der Waals surface area contributed by atoms with Crippen molar-refractivity contribution in [2.24, 2.45) is 11.3 Å². The smallest absolute Gasteiger partial charge is 0.318 e. The minimum atomic E-state index is -2.56. The summed E-state index contributed by atoms with van der Waals surface area (Å²) >= 11 is 0. The number of alkyl halides is 2. The monoisotopic (exact) mass is 338 g/mol. The number of amides is 2. The predicted octanol–water partition coefficient (Wildman–Crippen LogP) is 3.28. The highest BCUT2D eigenvalue weighted by molar-refractivity contribution is 5.75. The van der Waals surface area contributed by atoms with Crippen molar-refractivity contribution in [2.75, 3.05) is 13.2 Å². The number of nitrogens with one attached hydrogen (secondary N) is 1. The van der Waals surface area contributed by atoms with E-state index in [0.29, 0.717) is 6.61 Å². The first-order chi connectivity index (χ1) is 11.4. The molecule has 0 radical (unpaired) electrons. The van der Waals surface area contributed by atoms with Gasteiger partial charge in [0, 0.05) is 30.5 Å². The van der Waals surface area contributed by atoms with Gasteiger partial charge in [0.1, 0.15) is 0 Å². The third-order valence-corrected chi connectivity index (χ3v) is 5.24. The van der Waals surface area contributed by atoms with Crippen LogP contribution in [0, 0.1) is 11.3 Å². The molecule has 0 unspecified atom stereocenters. The maximum absolute atomic E-state index is 12.9. The fourth-order valence-corrected chi connectivity index (χ4v) is 4.03. The number of benzene rings is 1. The van der Waals surface area contributed by atoms with Crippen LogP contribution in [0.15, 0.2) is 30.3 Å². The van der Waals surface area contributed by atoms with Gasteiger partial charge in [0.25, 0.3) is 6.43 Å². The fraction of sp³-hybridized carbons (Fsp3) is 0.611. The van der Waals surface area contributed by atoms with Gasteiger partial charge in [0.15, 0.2) is 0 Å². The van der Waals surface area contributed by atoms with Gasteiger partial charge in [-0.1, -0.05) is 44.2 Å². The second-order valence-electron chi connectivity index (χ2n) is 7.25. The molecule has 1 heterocycles. The molecule has 0 aromatic heterocycles. The lowest BCUT2D eigenvalue weighted by Gasteiger charge is -2.54. The molecule has 1 saturated carbocycles. The Morgan fingerprint density at radius 1 is 1.38 bits per heavy atom. The number of hydrogen-bond acceptors (Lipinski definition) is 2. The zero-order valence-electron chi connectivity index (χ0n) is 14.0. The first kappa shape index (κ1) is 17.1. The molecule has 1 aliphatic heterocycles. The molecule has 132 valence electrons. The molecule has 1 saturated heterocycles. The van der Waals surface area contributed by atoms with Crippen LogP contribution in [0.5, 0.6) is 0 Å². The number of carbonyl (C=O) groups excluding carboxylic acids is 1. The van der Waals surface area contributed by atoms with Crippen molar-refractivity contribution in [1.29, 1.82) is 0 Å². The van der Waals surface area contributed by atoms with Crippen LogP contribution in [0.4, 0.5) is 13.6 Å². The molecule has 24 heavy (non-hydrogen) atoms. The first-order valence-corrected chi connectivity index (χ1v) is 8.38. The van der Waals surface area contributed by atoms with Crippen LogP contribution in [0.25, 0.3) is 0 Å². The van der Waals surface area contributed by atoms with Crippen molar-refractivity contribution in [3.63, 3.8) is 0 Å². The number of ether oxygens (including phenoxy) is 1. The topological polar surface area (TPSA) is 41.6 Å². The maximum Gasteiger partial charge on any atom is 0.318 e. The van der Waals surface area contributed by atoms with Crippen molar-refractivity contribution >= 4 is 6.03 Å². The summed E-state index contributed by atoms with van der Waals surface area (Å²) in [5.74, 6) is 0.286. The maximum atomic E-state index is 12.9. The number of urea groups is 1. The summed E-state index contributed by atoms with van der Waals surface area (Å²) in [5.41, 5.74) is 0.670. The van der Waals surface area contributed by atoms with Gasteiger partial charge in [0.05, 0.1) is 12.6 Å². The number of hydrogen-bond donors (Lipinski definition) is 1. The Labute approximate surface area is 141 Å². The lowest BCUT2D eigenvalue weighted by molar-refractivity contribution is -0.109. The quantitative estimate of drug-likeness (QED) is 0.895. The van der Waals surface area contributed by atoms with Gasteiger partial charge in [-0.15, -0.1) is 0 Å². The third-order valence-electron chi connectivity index (χ3n) is 5.24. The first-order valence-electron chi connectivity index (χ1n) is 8.38. The highest BCUT2D eigenvalue weighted by atomic mass is 19.3. The van der Waals surface area contributed by atoms with Crippen molar-refractivity contribution in [3.8, 4) is 0 Å². The fourth-order valence-electron chi connectivity index (χ4n) is 4.03. The number of carbonyl (C=O) groups is 1. The highest BCUT2D eigenvalue weighted by Crippen LogP contribution is 2.52. The van der Waals surface area contributed by atoms with Crippen molar-refractivity contribution in [1.82, 2.24) is 10.2 Å². The average molecular weight is 338 g/mol. The minimum absolute atomic E-state index is 0.0338. The molecule has 2 fully saturated rings. The molecular weight excluding hydrogens is 314 g/mol. The van der Waals surface area contributed by atoms with Gasteiger partial charge in [-0.05, 0) is 12.0 Å². The largest absolute Gasteiger partial charge is 0.377 e. The Balaban J connectivity index is 1.67. The van der Waals surface area contributed by atoms with Crippen LogP contribution >= 0.6 is 0 Å². The molecule has 0 spiro atoms. The van der Waals surface area contributed by atoms with E-state index in [4.69, 9.17) is 4.74 Å². The van der Waals surface area contributed by atoms with Crippen LogP contribution in [0.2, 0.25) is 0 Å². The van der Waals surface area contributed by atoms with Gasteiger partial charge >= 0.3 is 6.03 Å². The van der Waals surface area contributed by atoms with E-state index in [0.717, 1.165) is 12.0 Å². The molecule has 4 nitrogen and oxygen atoms in total. The van der Waals surface area contributed by atoms with E-state index in [1.807, 2.05) is 30.3 Å². The van der Waals surface area contributed by atoms with E-state index in [9.17, 15) is 13.6 Å². The predicted molar refractivity (Wildman–Crippen MR) is 86.8 cm³/mol. The molecule has 1 aromatic rings. The van der Waals surface area contributed by atoms with E-state index < -0.39 is 19.0 Å². The van der Waals surface area contributed by atoms with Gasteiger partial charge in [-0.3, -0.25) is 0 Å². The molecule has 0 bridgehead atoms. The highest BCUT2D eigenvalue weighted by Gasteiger charge is 2.60. The molecule has 3 rings (SSSR count). The molecule has 2 aliphatic rings. The Morgan fingerprint density at radius 2 is 2.08 bits per heavy atom. The van der Waals surface area contributed by atoms with Crippen LogP contribution in [0.3, 0.4) is 0 Å². The van der Waals surface area contributed by atoms with Gasteiger partial charge < -0.3 is 15.0 Å². The number of rotatable bonds is 5. The minimum Gasteiger partial charge on any atom is -0.377 e. The summed E-state index contributed by atoms with van der Waals surface area (Å²) in [4.78, 5) is 13.8. The summed E-state index contributed by atoms with van der Waals surface area (Å²) in [5, 5.41) is 2.98. The van der Waals surface area contributed by atoms with Crippen LogP contribution in [-0.4, -0.2) is 42.7 Å². The Morgan fingerprint density at radius 3 is 2.75 bits per heavy atom. The van der Waals surface area contributed by atoms with Crippen LogP contribution in [0.1, 0.15) is 25.8 Å². The second kappa shape index (κ2) is 6.67. The Bertz CT molecular complexity index is 580. The van der Waals surface area contributed by atoms with E-state index in [1.165, 1.54) is 4.90 Å². The van der Waals surface area contributed by atoms with E-state index in [1.54, 1.807) is 0 Å². The zero-order valence-corrected chi connectivity index (χ0v) is 14.0. The summed E-state index contributed by atoms with van der Waals surface area (Å²) in [6.45, 7) is 4.42. The Kier molecular flexibility index (Phi) is 4.76. The Hall–Kier alpha value is -1.69. The number of halogens is 2. The lowest BCUT2D eigenvalue weighted by Crippen LogP contribution is -2.68.